The number of ether oxygens (including phenoxy) is 1. The Labute approximate surface area is 119 Å². The Kier molecular flexibility index (Phi) is 4.27. The standard InChI is InChI=1S/C12H13ClINO2/c1-7-4-8(6-17-7)12(16)15-11-3-2-9(13)5-10(11)14/h2-3,5,7-8H,4,6H2,1H3,(H,15,16). The minimum Gasteiger partial charge on any atom is -0.378 e. The second kappa shape index (κ2) is 5.54. The van der Waals surface area contributed by atoms with Crippen LogP contribution in [0, 0.1) is 9.49 Å². The number of hydrogen-bond acceptors (Lipinski definition) is 2. The predicted octanol–water partition coefficient (Wildman–Crippen LogP) is 3.31. The Morgan fingerprint density at radius 3 is 2.94 bits per heavy atom. The molecule has 1 aliphatic rings. The molecule has 2 unspecified atom stereocenters. The lowest BCUT2D eigenvalue weighted by Crippen LogP contribution is -2.23. The van der Waals surface area contributed by atoms with E-state index in [0.29, 0.717) is 11.6 Å². The number of benzene rings is 1. The molecule has 1 N–H and O–H groups in total. The molecule has 92 valence electrons. The summed E-state index contributed by atoms with van der Waals surface area (Å²) in [5.41, 5.74) is 0.805. The number of amides is 1. The molecule has 3 nitrogen and oxygen atoms in total. The van der Waals surface area contributed by atoms with Gasteiger partial charge in [0, 0.05) is 8.59 Å². The maximum absolute atomic E-state index is 12.0. The molecule has 0 aliphatic carbocycles. The van der Waals surface area contributed by atoms with Crippen LogP contribution in [0.4, 0.5) is 5.69 Å². The van der Waals surface area contributed by atoms with Crippen LogP contribution >= 0.6 is 34.2 Å². The first-order valence-electron chi connectivity index (χ1n) is 5.44. The molecule has 1 heterocycles. The number of nitrogens with one attached hydrogen (secondary N) is 1. The molecule has 0 spiro atoms. The fourth-order valence-corrected chi connectivity index (χ4v) is 2.83. The average molecular weight is 366 g/mol. The van der Waals surface area contributed by atoms with Crippen LogP contribution in [0.25, 0.3) is 0 Å². The van der Waals surface area contributed by atoms with Crippen molar-refractivity contribution in [2.75, 3.05) is 11.9 Å². The third-order valence-corrected chi connectivity index (χ3v) is 3.89. The number of halogens is 2. The van der Waals surface area contributed by atoms with Gasteiger partial charge >= 0.3 is 0 Å². The van der Waals surface area contributed by atoms with Gasteiger partial charge in [0.15, 0.2) is 0 Å². The summed E-state index contributed by atoms with van der Waals surface area (Å²) >= 11 is 8.02. The molecule has 5 heteroatoms. The lowest BCUT2D eigenvalue weighted by atomic mass is 10.1. The van der Waals surface area contributed by atoms with Crippen LogP contribution in [0.1, 0.15) is 13.3 Å². The van der Waals surface area contributed by atoms with E-state index in [1.165, 1.54) is 0 Å². The zero-order valence-corrected chi connectivity index (χ0v) is 12.3. The molecule has 0 bridgehead atoms. The van der Waals surface area contributed by atoms with Crippen molar-refractivity contribution in [3.63, 3.8) is 0 Å². The highest BCUT2D eigenvalue weighted by Crippen LogP contribution is 2.25. The second-order valence-corrected chi connectivity index (χ2v) is 5.79. The SMILES string of the molecule is CC1CC(C(=O)Nc2ccc(Cl)cc2I)CO1. The monoisotopic (exact) mass is 365 g/mol. The molecular formula is C12H13ClINO2. The van der Waals surface area contributed by atoms with Gasteiger partial charge in [-0.1, -0.05) is 11.6 Å². The smallest absolute Gasteiger partial charge is 0.229 e. The lowest BCUT2D eigenvalue weighted by molar-refractivity contribution is -0.119. The molecule has 0 aromatic heterocycles. The van der Waals surface area contributed by atoms with E-state index in [-0.39, 0.29) is 17.9 Å². The number of carbonyl (C=O) groups excluding carboxylic acids is 1. The van der Waals surface area contributed by atoms with E-state index in [0.717, 1.165) is 15.7 Å². The van der Waals surface area contributed by atoms with Gasteiger partial charge in [-0.05, 0) is 54.1 Å². The summed E-state index contributed by atoms with van der Waals surface area (Å²) in [6.07, 6.45) is 0.964. The molecule has 0 radical (unpaired) electrons. The molecule has 1 amide bonds. The Bertz CT molecular complexity index is 439. The van der Waals surface area contributed by atoms with E-state index in [4.69, 9.17) is 16.3 Å². The Morgan fingerprint density at radius 1 is 1.59 bits per heavy atom. The van der Waals surface area contributed by atoms with Crippen LogP contribution in [0.3, 0.4) is 0 Å². The van der Waals surface area contributed by atoms with Crippen LogP contribution < -0.4 is 5.32 Å². The molecule has 2 rings (SSSR count). The van der Waals surface area contributed by atoms with Gasteiger partial charge in [0.2, 0.25) is 5.91 Å². The van der Waals surface area contributed by atoms with Crippen LogP contribution in [0.15, 0.2) is 18.2 Å². The van der Waals surface area contributed by atoms with Gasteiger partial charge in [-0.3, -0.25) is 4.79 Å². The molecule has 17 heavy (non-hydrogen) atoms. The van der Waals surface area contributed by atoms with E-state index in [1.807, 2.05) is 19.1 Å². The maximum Gasteiger partial charge on any atom is 0.229 e. The summed E-state index contributed by atoms with van der Waals surface area (Å²) in [6, 6.07) is 5.42. The van der Waals surface area contributed by atoms with Crippen molar-refractivity contribution in [1.82, 2.24) is 0 Å². The minimum atomic E-state index is -0.0449. The van der Waals surface area contributed by atoms with Gasteiger partial charge in [0.25, 0.3) is 0 Å². The first-order chi connectivity index (χ1) is 8.06. The van der Waals surface area contributed by atoms with Crippen molar-refractivity contribution in [2.45, 2.75) is 19.4 Å². The summed E-state index contributed by atoms with van der Waals surface area (Å²) in [5.74, 6) is -0.0222. The summed E-state index contributed by atoms with van der Waals surface area (Å²) in [6.45, 7) is 2.50. The third-order valence-electron chi connectivity index (χ3n) is 2.76. The van der Waals surface area contributed by atoms with Gasteiger partial charge in [-0.15, -0.1) is 0 Å². The number of anilines is 1. The topological polar surface area (TPSA) is 38.3 Å². The summed E-state index contributed by atoms with van der Waals surface area (Å²) in [5, 5.41) is 3.59. The molecule has 1 fully saturated rings. The summed E-state index contributed by atoms with van der Waals surface area (Å²) in [7, 11) is 0. The normalized spacial score (nSPS) is 23.7. The lowest BCUT2D eigenvalue weighted by Gasteiger charge is -2.11. The fourth-order valence-electron chi connectivity index (χ4n) is 1.83. The van der Waals surface area contributed by atoms with E-state index >= 15 is 0 Å². The first-order valence-corrected chi connectivity index (χ1v) is 6.89. The number of hydrogen-bond donors (Lipinski definition) is 1. The molecule has 1 aromatic rings. The Hall–Kier alpha value is -0.330. The van der Waals surface area contributed by atoms with E-state index in [2.05, 4.69) is 27.9 Å². The third kappa shape index (κ3) is 3.33. The maximum atomic E-state index is 12.0. The number of carbonyl (C=O) groups is 1. The fraction of sp³-hybridized carbons (Fsp3) is 0.417. The van der Waals surface area contributed by atoms with Gasteiger partial charge in [0.05, 0.1) is 24.3 Å². The molecule has 2 atom stereocenters. The second-order valence-electron chi connectivity index (χ2n) is 4.19. The minimum absolute atomic E-state index is 0.0228. The van der Waals surface area contributed by atoms with Gasteiger partial charge in [0.1, 0.15) is 0 Å². The molecule has 1 saturated heterocycles. The zero-order chi connectivity index (χ0) is 12.4. The largest absolute Gasteiger partial charge is 0.378 e. The summed E-state index contributed by atoms with van der Waals surface area (Å²) < 4.78 is 6.33. The van der Waals surface area contributed by atoms with E-state index in [1.54, 1.807) is 6.07 Å². The van der Waals surface area contributed by atoms with Crippen molar-refractivity contribution < 1.29 is 9.53 Å². The van der Waals surface area contributed by atoms with Crippen molar-refractivity contribution in [2.24, 2.45) is 5.92 Å². The zero-order valence-electron chi connectivity index (χ0n) is 9.37. The highest BCUT2D eigenvalue weighted by Gasteiger charge is 2.28. The molecule has 1 aromatic carbocycles. The van der Waals surface area contributed by atoms with Crippen molar-refractivity contribution in [3.8, 4) is 0 Å². The highest BCUT2D eigenvalue weighted by molar-refractivity contribution is 14.1. The molecule has 1 aliphatic heterocycles. The van der Waals surface area contributed by atoms with E-state index in [9.17, 15) is 4.79 Å². The van der Waals surface area contributed by atoms with Gasteiger partial charge < -0.3 is 10.1 Å². The Balaban J connectivity index is 2.03. The molecular weight excluding hydrogens is 352 g/mol. The van der Waals surface area contributed by atoms with Gasteiger partial charge in [-0.25, -0.2) is 0 Å². The van der Waals surface area contributed by atoms with Crippen molar-refractivity contribution in [3.05, 3.63) is 26.8 Å². The first kappa shape index (κ1) is 13.1. The predicted molar refractivity (Wildman–Crippen MR) is 76.3 cm³/mol. The van der Waals surface area contributed by atoms with Gasteiger partial charge in [-0.2, -0.15) is 0 Å². The molecule has 0 saturated carbocycles. The van der Waals surface area contributed by atoms with Crippen LogP contribution in [0.5, 0.6) is 0 Å². The van der Waals surface area contributed by atoms with Crippen LogP contribution in [-0.2, 0) is 9.53 Å². The summed E-state index contributed by atoms with van der Waals surface area (Å²) in [4.78, 5) is 12.0. The Morgan fingerprint density at radius 2 is 2.35 bits per heavy atom. The highest BCUT2D eigenvalue weighted by atomic mass is 127. The van der Waals surface area contributed by atoms with Crippen LogP contribution in [-0.4, -0.2) is 18.6 Å². The van der Waals surface area contributed by atoms with Crippen molar-refractivity contribution in [1.29, 1.82) is 0 Å². The van der Waals surface area contributed by atoms with E-state index < -0.39 is 0 Å². The van der Waals surface area contributed by atoms with Crippen LogP contribution in [0.2, 0.25) is 5.02 Å². The average Bonchev–Trinajstić information content (AvgIpc) is 2.69. The van der Waals surface area contributed by atoms with Crippen molar-refractivity contribution >= 4 is 45.8 Å². The number of rotatable bonds is 2. The quantitative estimate of drug-likeness (QED) is 0.817.